The van der Waals surface area contributed by atoms with Crippen molar-refractivity contribution >= 4 is 11.0 Å². The highest BCUT2D eigenvalue weighted by molar-refractivity contribution is 5.81. The monoisotopic (exact) mass is 319 g/mol. The molecule has 0 N–H and O–H groups in total. The summed E-state index contributed by atoms with van der Waals surface area (Å²) in [5, 5.41) is 9.75. The van der Waals surface area contributed by atoms with Crippen LogP contribution in [0.25, 0.3) is 11.0 Å². The van der Waals surface area contributed by atoms with E-state index in [2.05, 4.69) is 13.0 Å². The van der Waals surface area contributed by atoms with E-state index in [9.17, 15) is 4.79 Å². The van der Waals surface area contributed by atoms with Crippen molar-refractivity contribution in [2.75, 3.05) is 0 Å². The van der Waals surface area contributed by atoms with Crippen LogP contribution in [0.2, 0.25) is 0 Å². The number of fused-ring (bicyclic) bond motifs is 1. The minimum absolute atomic E-state index is 0.338. The lowest BCUT2D eigenvalue weighted by atomic mass is 10.1. The van der Waals surface area contributed by atoms with E-state index in [0.29, 0.717) is 23.5 Å². The van der Waals surface area contributed by atoms with Crippen LogP contribution in [0, 0.1) is 11.3 Å². The maximum atomic E-state index is 11.7. The van der Waals surface area contributed by atoms with Gasteiger partial charge in [0.05, 0.1) is 11.6 Å². The summed E-state index contributed by atoms with van der Waals surface area (Å²) < 4.78 is 11.1. The molecule has 0 bridgehead atoms. The van der Waals surface area contributed by atoms with Gasteiger partial charge in [0.15, 0.2) is 0 Å². The summed E-state index contributed by atoms with van der Waals surface area (Å²) in [5.74, 6) is 0.642. The van der Waals surface area contributed by atoms with Crippen LogP contribution in [0.3, 0.4) is 0 Å². The predicted molar refractivity (Wildman–Crippen MR) is 92.0 cm³/mol. The second-order valence-electron chi connectivity index (χ2n) is 5.60. The van der Waals surface area contributed by atoms with Crippen molar-refractivity contribution < 1.29 is 9.15 Å². The van der Waals surface area contributed by atoms with Gasteiger partial charge in [-0.25, -0.2) is 4.79 Å². The zero-order valence-corrected chi connectivity index (χ0v) is 13.4. The van der Waals surface area contributed by atoms with Gasteiger partial charge in [0.25, 0.3) is 0 Å². The van der Waals surface area contributed by atoms with Crippen LogP contribution in [0.15, 0.2) is 57.7 Å². The van der Waals surface area contributed by atoms with Crippen molar-refractivity contribution in [3.63, 3.8) is 0 Å². The fraction of sp³-hybridized carbons (Fsp3) is 0.200. The smallest absolute Gasteiger partial charge is 0.336 e. The second-order valence-corrected chi connectivity index (χ2v) is 5.60. The van der Waals surface area contributed by atoms with Crippen molar-refractivity contribution in [1.82, 2.24) is 0 Å². The fourth-order valence-electron chi connectivity index (χ4n) is 2.62. The maximum Gasteiger partial charge on any atom is 0.336 e. The number of rotatable bonds is 5. The van der Waals surface area contributed by atoms with Crippen LogP contribution < -0.4 is 10.4 Å². The molecule has 120 valence electrons. The van der Waals surface area contributed by atoms with E-state index in [1.807, 2.05) is 24.3 Å². The van der Waals surface area contributed by atoms with Crippen LogP contribution in [-0.2, 0) is 13.0 Å². The van der Waals surface area contributed by atoms with E-state index in [4.69, 9.17) is 14.4 Å². The third-order valence-corrected chi connectivity index (χ3v) is 3.81. The molecular weight excluding hydrogens is 302 g/mol. The minimum Gasteiger partial charge on any atom is -0.489 e. The highest BCUT2D eigenvalue weighted by Crippen LogP contribution is 2.24. The van der Waals surface area contributed by atoms with E-state index in [1.54, 1.807) is 24.3 Å². The third-order valence-electron chi connectivity index (χ3n) is 3.81. The molecule has 0 amide bonds. The largest absolute Gasteiger partial charge is 0.489 e. The molecule has 0 saturated heterocycles. The average molecular weight is 319 g/mol. The zero-order valence-electron chi connectivity index (χ0n) is 13.4. The molecular formula is C20H17NO3. The number of benzene rings is 2. The molecule has 0 aliphatic rings. The predicted octanol–water partition coefficient (Wildman–Crippen LogP) is 4.20. The van der Waals surface area contributed by atoms with Gasteiger partial charge >= 0.3 is 5.63 Å². The highest BCUT2D eigenvalue weighted by Gasteiger charge is 2.07. The molecule has 0 atom stereocenters. The molecule has 24 heavy (non-hydrogen) atoms. The molecule has 3 rings (SSSR count). The van der Waals surface area contributed by atoms with Crippen LogP contribution in [0.5, 0.6) is 5.75 Å². The van der Waals surface area contributed by atoms with Gasteiger partial charge in [-0.2, -0.15) is 5.26 Å². The lowest BCUT2D eigenvalue weighted by Gasteiger charge is -2.09. The normalized spacial score (nSPS) is 10.5. The summed E-state index contributed by atoms with van der Waals surface area (Å²) in [5.41, 5.74) is 2.80. The Labute approximate surface area is 139 Å². The van der Waals surface area contributed by atoms with Gasteiger partial charge in [-0.3, -0.25) is 0 Å². The van der Waals surface area contributed by atoms with Crippen molar-refractivity contribution in [3.05, 3.63) is 75.6 Å². The van der Waals surface area contributed by atoms with Gasteiger partial charge in [0.2, 0.25) is 0 Å². The Kier molecular flexibility index (Phi) is 4.62. The maximum absolute atomic E-state index is 11.7. The lowest BCUT2D eigenvalue weighted by molar-refractivity contribution is 0.306. The van der Waals surface area contributed by atoms with Crippen molar-refractivity contribution in [2.45, 2.75) is 26.4 Å². The van der Waals surface area contributed by atoms with Crippen LogP contribution in [0.1, 0.15) is 30.0 Å². The van der Waals surface area contributed by atoms with E-state index < -0.39 is 0 Å². The molecule has 0 fully saturated rings. The van der Waals surface area contributed by atoms with Crippen molar-refractivity contribution in [2.24, 2.45) is 0 Å². The Bertz CT molecular complexity index is 949. The minimum atomic E-state index is -0.338. The van der Waals surface area contributed by atoms with Gasteiger partial charge in [-0.05, 0) is 41.8 Å². The summed E-state index contributed by atoms with van der Waals surface area (Å²) in [6, 6.07) is 16.4. The van der Waals surface area contributed by atoms with Crippen LogP contribution >= 0.6 is 0 Å². The highest BCUT2D eigenvalue weighted by atomic mass is 16.5. The summed E-state index contributed by atoms with van der Waals surface area (Å²) in [6.07, 6.45) is 1.81. The Morgan fingerprint density at radius 1 is 1.12 bits per heavy atom. The molecule has 3 aromatic rings. The third kappa shape index (κ3) is 3.47. The van der Waals surface area contributed by atoms with E-state index in [0.717, 1.165) is 29.4 Å². The first kappa shape index (κ1) is 15.8. The summed E-state index contributed by atoms with van der Waals surface area (Å²) >= 11 is 0. The number of nitriles is 1. The Hall–Kier alpha value is -3.06. The molecule has 0 aliphatic heterocycles. The number of nitrogens with zero attached hydrogens (tertiary/aromatic N) is 1. The van der Waals surface area contributed by atoms with Gasteiger partial charge in [0, 0.05) is 17.5 Å². The number of ether oxygens (including phenoxy) is 1. The summed E-state index contributed by atoms with van der Waals surface area (Å²) in [6.45, 7) is 2.46. The standard InChI is InChI=1S/C20H17NO3/c1-2-3-16-10-20(22)24-19-11-17(8-9-18(16)19)23-13-15-6-4-14(12-21)5-7-15/h4-11H,2-3,13H2,1H3. The van der Waals surface area contributed by atoms with Gasteiger partial charge in [-0.1, -0.05) is 25.5 Å². The molecule has 2 aromatic carbocycles. The van der Waals surface area contributed by atoms with E-state index in [1.165, 1.54) is 0 Å². The first-order chi connectivity index (χ1) is 11.7. The zero-order chi connectivity index (χ0) is 16.9. The van der Waals surface area contributed by atoms with Crippen LogP contribution in [-0.4, -0.2) is 0 Å². The molecule has 1 heterocycles. The topological polar surface area (TPSA) is 63.2 Å². The Morgan fingerprint density at radius 2 is 1.92 bits per heavy atom. The molecule has 0 radical (unpaired) electrons. The van der Waals surface area contributed by atoms with Crippen molar-refractivity contribution in [1.29, 1.82) is 5.26 Å². The number of hydrogen-bond donors (Lipinski definition) is 0. The summed E-state index contributed by atoms with van der Waals surface area (Å²) in [4.78, 5) is 11.7. The Morgan fingerprint density at radius 3 is 2.62 bits per heavy atom. The van der Waals surface area contributed by atoms with Crippen LogP contribution in [0.4, 0.5) is 0 Å². The molecule has 1 aromatic heterocycles. The molecule has 0 spiro atoms. The number of hydrogen-bond acceptors (Lipinski definition) is 4. The molecule has 0 aliphatic carbocycles. The average Bonchev–Trinajstić information content (AvgIpc) is 2.60. The van der Waals surface area contributed by atoms with Crippen molar-refractivity contribution in [3.8, 4) is 11.8 Å². The molecule has 0 saturated carbocycles. The molecule has 4 heteroatoms. The Balaban J connectivity index is 1.82. The van der Waals surface area contributed by atoms with Gasteiger partial charge in [0.1, 0.15) is 17.9 Å². The summed E-state index contributed by atoms with van der Waals surface area (Å²) in [7, 11) is 0. The van der Waals surface area contributed by atoms with Gasteiger partial charge in [-0.15, -0.1) is 0 Å². The molecule has 0 unspecified atom stereocenters. The van der Waals surface area contributed by atoms with Gasteiger partial charge < -0.3 is 9.15 Å². The first-order valence-electron chi connectivity index (χ1n) is 7.88. The quantitative estimate of drug-likeness (QED) is 0.661. The SMILES string of the molecule is CCCc1cc(=O)oc2cc(OCc3ccc(C#N)cc3)ccc12. The second kappa shape index (κ2) is 7.01. The van der Waals surface area contributed by atoms with E-state index >= 15 is 0 Å². The molecule has 4 nitrogen and oxygen atoms in total. The number of aryl methyl sites for hydroxylation is 1. The first-order valence-corrected chi connectivity index (χ1v) is 7.88. The fourth-order valence-corrected chi connectivity index (χ4v) is 2.62. The lowest BCUT2D eigenvalue weighted by Crippen LogP contribution is -2.01. The van der Waals surface area contributed by atoms with E-state index in [-0.39, 0.29) is 5.63 Å².